The van der Waals surface area contributed by atoms with Gasteiger partial charge in [-0.05, 0) is 37.3 Å². The first-order valence-corrected chi connectivity index (χ1v) is 8.56. The molecule has 3 aromatic rings. The van der Waals surface area contributed by atoms with Crippen molar-refractivity contribution in [3.05, 3.63) is 60.4 Å². The van der Waals surface area contributed by atoms with Crippen LogP contribution in [-0.4, -0.2) is 25.0 Å². The Morgan fingerprint density at radius 3 is 2.81 bits per heavy atom. The van der Waals surface area contributed by atoms with Crippen LogP contribution in [0.5, 0.6) is 0 Å². The molecule has 2 aromatic carbocycles. The number of furan rings is 1. The third-order valence-electron chi connectivity index (χ3n) is 4.55. The lowest BCUT2D eigenvalue weighted by Crippen LogP contribution is -2.27. The Labute approximate surface area is 150 Å². The second kappa shape index (κ2) is 6.55. The Morgan fingerprint density at radius 1 is 1.19 bits per heavy atom. The molecule has 1 aromatic heterocycles. The summed E-state index contributed by atoms with van der Waals surface area (Å²) < 4.78 is 5.79. The molecule has 0 radical (unpaired) electrons. The number of carbonyl (C=O) groups is 2. The molecule has 6 heteroatoms. The standard InChI is InChI=1S/C20H19N3O3/c1-13(18-11-14-5-2-3-8-17(14)26-18)19(24)22-15-6-4-7-16(12-15)23-10-9-21-20(23)25/h2-8,11-13H,9-10H2,1H3,(H,21,25)(H,22,24)/t13-/m1/s1. The molecule has 1 fully saturated rings. The maximum absolute atomic E-state index is 12.6. The van der Waals surface area contributed by atoms with Gasteiger partial charge in [0.05, 0.1) is 5.92 Å². The molecule has 1 atom stereocenters. The van der Waals surface area contributed by atoms with Crippen LogP contribution in [0.1, 0.15) is 18.6 Å². The fourth-order valence-electron chi connectivity index (χ4n) is 3.07. The first-order chi connectivity index (χ1) is 12.6. The van der Waals surface area contributed by atoms with Crippen molar-refractivity contribution in [2.24, 2.45) is 0 Å². The second-order valence-electron chi connectivity index (χ2n) is 6.33. The molecular weight excluding hydrogens is 330 g/mol. The summed E-state index contributed by atoms with van der Waals surface area (Å²) in [7, 11) is 0. The number of fused-ring (bicyclic) bond motifs is 1. The number of benzene rings is 2. The number of anilines is 2. The third-order valence-corrected chi connectivity index (χ3v) is 4.55. The van der Waals surface area contributed by atoms with E-state index in [4.69, 9.17) is 4.42 Å². The zero-order chi connectivity index (χ0) is 18.1. The predicted molar refractivity (Wildman–Crippen MR) is 100 cm³/mol. The molecule has 3 amide bonds. The summed E-state index contributed by atoms with van der Waals surface area (Å²) in [5, 5.41) is 6.65. The minimum atomic E-state index is -0.429. The van der Waals surface area contributed by atoms with Gasteiger partial charge in [-0.25, -0.2) is 4.79 Å². The predicted octanol–water partition coefficient (Wildman–Crippen LogP) is 3.70. The lowest BCUT2D eigenvalue weighted by molar-refractivity contribution is -0.117. The fraction of sp³-hybridized carbons (Fsp3) is 0.200. The Bertz CT molecular complexity index is 946. The number of hydrogen-bond donors (Lipinski definition) is 2. The highest BCUT2D eigenvalue weighted by Crippen LogP contribution is 2.27. The van der Waals surface area contributed by atoms with Crippen LogP contribution in [0.2, 0.25) is 0 Å². The zero-order valence-electron chi connectivity index (χ0n) is 14.4. The minimum Gasteiger partial charge on any atom is -0.460 e. The van der Waals surface area contributed by atoms with E-state index >= 15 is 0 Å². The van der Waals surface area contributed by atoms with Gasteiger partial charge >= 0.3 is 6.03 Å². The highest BCUT2D eigenvalue weighted by molar-refractivity contribution is 5.98. The van der Waals surface area contributed by atoms with E-state index in [2.05, 4.69) is 10.6 Å². The van der Waals surface area contributed by atoms with Gasteiger partial charge in [-0.15, -0.1) is 0 Å². The summed E-state index contributed by atoms with van der Waals surface area (Å²) in [5.74, 6) is 0.0343. The van der Waals surface area contributed by atoms with Crippen molar-refractivity contribution in [1.29, 1.82) is 0 Å². The van der Waals surface area contributed by atoms with Crippen molar-refractivity contribution < 1.29 is 14.0 Å². The van der Waals surface area contributed by atoms with E-state index in [1.54, 1.807) is 17.0 Å². The molecule has 2 heterocycles. The molecule has 1 aliphatic rings. The van der Waals surface area contributed by atoms with Crippen molar-refractivity contribution in [2.45, 2.75) is 12.8 Å². The smallest absolute Gasteiger partial charge is 0.321 e. The zero-order valence-corrected chi connectivity index (χ0v) is 14.4. The molecule has 0 aliphatic carbocycles. The fourth-order valence-corrected chi connectivity index (χ4v) is 3.07. The SMILES string of the molecule is C[C@@H](C(=O)Nc1cccc(N2CCNC2=O)c1)c1cc2ccccc2o1. The molecule has 0 unspecified atom stereocenters. The Kier molecular flexibility index (Phi) is 4.08. The molecule has 132 valence electrons. The Balaban J connectivity index is 1.51. The molecular formula is C20H19N3O3. The first-order valence-electron chi connectivity index (χ1n) is 8.56. The molecule has 2 N–H and O–H groups in total. The van der Waals surface area contributed by atoms with Crippen LogP contribution in [0, 0.1) is 0 Å². The highest BCUT2D eigenvalue weighted by atomic mass is 16.3. The summed E-state index contributed by atoms with van der Waals surface area (Å²) in [6.45, 7) is 3.05. The van der Waals surface area contributed by atoms with Crippen LogP contribution in [0.15, 0.2) is 59.0 Å². The van der Waals surface area contributed by atoms with Crippen LogP contribution >= 0.6 is 0 Å². The van der Waals surface area contributed by atoms with Gasteiger partial charge in [-0.3, -0.25) is 9.69 Å². The maximum Gasteiger partial charge on any atom is 0.321 e. The quantitative estimate of drug-likeness (QED) is 0.754. The molecule has 0 spiro atoms. The molecule has 26 heavy (non-hydrogen) atoms. The number of carbonyl (C=O) groups excluding carboxylic acids is 2. The summed E-state index contributed by atoms with van der Waals surface area (Å²) >= 11 is 0. The van der Waals surface area contributed by atoms with E-state index in [1.807, 2.05) is 49.4 Å². The van der Waals surface area contributed by atoms with Crippen LogP contribution in [0.4, 0.5) is 16.2 Å². The van der Waals surface area contributed by atoms with Crippen molar-refractivity contribution >= 4 is 34.3 Å². The van der Waals surface area contributed by atoms with Crippen LogP contribution in [0.25, 0.3) is 11.0 Å². The summed E-state index contributed by atoms with van der Waals surface area (Å²) in [5.41, 5.74) is 2.17. The normalized spacial score (nSPS) is 15.1. The largest absolute Gasteiger partial charge is 0.460 e. The van der Waals surface area contributed by atoms with Gasteiger partial charge in [0.25, 0.3) is 0 Å². The monoisotopic (exact) mass is 349 g/mol. The van der Waals surface area contributed by atoms with Crippen molar-refractivity contribution in [1.82, 2.24) is 5.32 Å². The number of rotatable bonds is 4. The molecule has 0 saturated carbocycles. The average Bonchev–Trinajstić information content (AvgIpc) is 3.27. The van der Waals surface area contributed by atoms with E-state index < -0.39 is 5.92 Å². The van der Waals surface area contributed by atoms with Crippen molar-refractivity contribution in [3.63, 3.8) is 0 Å². The van der Waals surface area contributed by atoms with Gasteiger partial charge in [-0.1, -0.05) is 24.3 Å². The van der Waals surface area contributed by atoms with E-state index in [0.29, 0.717) is 24.5 Å². The van der Waals surface area contributed by atoms with Gasteiger partial charge in [-0.2, -0.15) is 0 Å². The minimum absolute atomic E-state index is 0.121. The molecule has 1 saturated heterocycles. The topological polar surface area (TPSA) is 74.6 Å². The summed E-state index contributed by atoms with van der Waals surface area (Å²) in [6, 6.07) is 16.7. The molecule has 4 rings (SSSR count). The van der Waals surface area contributed by atoms with Gasteiger partial charge in [0.15, 0.2) is 0 Å². The molecule has 0 bridgehead atoms. The van der Waals surface area contributed by atoms with Gasteiger partial charge < -0.3 is 15.1 Å². The van der Waals surface area contributed by atoms with Crippen molar-refractivity contribution in [2.75, 3.05) is 23.3 Å². The average molecular weight is 349 g/mol. The number of urea groups is 1. The van der Waals surface area contributed by atoms with E-state index in [0.717, 1.165) is 16.7 Å². The number of hydrogen-bond acceptors (Lipinski definition) is 3. The summed E-state index contributed by atoms with van der Waals surface area (Å²) in [6.07, 6.45) is 0. The van der Waals surface area contributed by atoms with Crippen LogP contribution in [-0.2, 0) is 4.79 Å². The van der Waals surface area contributed by atoms with Crippen molar-refractivity contribution in [3.8, 4) is 0 Å². The number of amides is 3. The number of nitrogens with one attached hydrogen (secondary N) is 2. The van der Waals surface area contributed by atoms with Gasteiger partial charge in [0.2, 0.25) is 5.91 Å². The number of nitrogens with zero attached hydrogens (tertiary/aromatic N) is 1. The molecule has 1 aliphatic heterocycles. The van der Waals surface area contributed by atoms with Gasteiger partial charge in [0.1, 0.15) is 11.3 Å². The lowest BCUT2D eigenvalue weighted by atomic mass is 10.1. The molecule has 6 nitrogen and oxygen atoms in total. The Hall–Kier alpha value is -3.28. The third kappa shape index (κ3) is 3.01. The number of para-hydroxylation sites is 1. The first kappa shape index (κ1) is 16.2. The Morgan fingerprint density at radius 2 is 2.04 bits per heavy atom. The van der Waals surface area contributed by atoms with Gasteiger partial charge in [0, 0.05) is 29.9 Å². The second-order valence-corrected chi connectivity index (χ2v) is 6.33. The highest BCUT2D eigenvalue weighted by Gasteiger charge is 2.22. The van der Waals surface area contributed by atoms with Crippen LogP contribution < -0.4 is 15.5 Å². The van der Waals surface area contributed by atoms with E-state index in [9.17, 15) is 9.59 Å². The maximum atomic E-state index is 12.6. The van der Waals surface area contributed by atoms with E-state index in [1.165, 1.54) is 0 Å². The summed E-state index contributed by atoms with van der Waals surface area (Å²) in [4.78, 5) is 26.1. The van der Waals surface area contributed by atoms with Crippen LogP contribution in [0.3, 0.4) is 0 Å². The van der Waals surface area contributed by atoms with E-state index in [-0.39, 0.29) is 11.9 Å². The lowest BCUT2D eigenvalue weighted by Gasteiger charge is -2.16.